The lowest BCUT2D eigenvalue weighted by Crippen LogP contribution is -2.42. The maximum Gasteiger partial charge on any atom is 0.338 e. The Morgan fingerprint density at radius 1 is 0.966 bits per heavy atom. The fourth-order valence-electron chi connectivity index (χ4n) is 3.05. The van der Waals surface area contributed by atoms with Gasteiger partial charge in [0.25, 0.3) is 0 Å². The summed E-state index contributed by atoms with van der Waals surface area (Å²) in [5, 5.41) is 0. The molecule has 2 rings (SSSR count). The standard InChI is InChI=1S/C23H26O6/c1-16(20(14-24)29-23(26)19-12-8-5-9-13-19)21(17(2)22(25)27-3)28-15-18-10-6-4-7-11-18/h4-14,16-17,20-21H,15H2,1-3H3/t16-,17+,20-,21-/m1/s1. The molecule has 0 radical (unpaired) electrons. The predicted octanol–water partition coefficient (Wildman–Crippen LogP) is 3.44. The lowest BCUT2D eigenvalue weighted by molar-refractivity contribution is -0.156. The number of esters is 2. The van der Waals surface area contributed by atoms with E-state index in [4.69, 9.17) is 14.2 Å². The van der Waals surface area contributed by atoms with Gasteiger partial charge in [-0.05, 0) is 24.6 Å². The Balaban J connectivity index is 2.16. The molecule has 0 spiro atoms. The molecular formula is C23H26O6. The van der Waals surface area contributed by atoms with Gasteiger partial charge in [-0.25, -0.2) is 4.79 Å². The Bertz CT molecular complexity index is 790. The Kier molecular flexibility index (Phi) is 8.55. The summed E-state index contributed by atoms with van der Waals surface area (Å²) in [7, 11) is 1.30. The van der Waals surface area contributed by atoms with Crippen LogP contribution in [0.25, 0.3) is 0 Å². The minimum Gasteiger partial charge on any atom is -0.469 e. The zero-order chi connectivity index (χ0) is 21.2. The highest BCUT2D eigenvalue weighted by Gasteiger charge is 2.36. The molecule has 6 heteroatoms. The molecule has 0 saturated carbocycles. The van der Waals surface area contributed by atoms with Crippen molar-refractivity contribution in [3.8, 4) is 0 Å². The van der Waals surface area contributed by atoms with Gasteiger partial charge in [0.05, 0.1) is 31.3 Å². The van der Waals surface area contributed by atoms with Gasteiger partial charge in [0.2, 0.25) is 0 Å². The van der Waals surface area contributed by atoms with Crippen LogP contribution in [0.4, 0.5) is 0 Å². The lowest BCUT2D eigenvalue weighted by Gasteiger charge is -2.31. The second kappa shape index (κ2) is 11.1. The normalized spacial score (nSPS) is 14.9. The van der Waals surface area contributed by atoms with Crippen molar-refractivity contribution in [2.24, 2.45) is 11.8 Å². The number of rotatable bonds is 10. The van der Waals surface area contributed by atoms with Crippen LogP contribution in [0.3, 0.4) is 0 Å². The maximum atomic E-state index is 12.4. The summed E-state index contributed by atoms with van der Waals surface area (Å²) in [4.78, 5) is 36.2. The first-order valence-corrected chi connectivity index (χ1v) is 9.42. The van der Waals surface area contributed by atoms with E-state index in [2.05, 4.69) is 0 Å². The van der Waals surface area contributed by atoms with Gasteiger partial charge >= 0.3 is 11.9 Å². The van der Waals surface area contributed by atoms with Crippen LogP contribution in [0.1, 0.15) is 29.8 Å². The molecule has 6 nitrogen and oxygen atoms in total. The third kappa shape index (κ3) is 6.26. The first-order valence-electron chi connectivity index (χ1n) is 9.42. The summed E-state index contributed by atoms with van der Waals surface area (Å²) in [5.74, 6) is -2.30. The number of ether oxygens (including phenoxy) is 3. The molecule has 2 aromatic carbocycles. The van der Waals surface area contributed by atoms with Crippen LogP contribution < -0.4 is 0 Å². The zero-order valence-electron chi connectivity index (χ0n) is 16.8. The van der Waals surface area contributed by atoms with Crippen molar-refractivity contribution in [2.45, 2.75) is 32.7 Å². The number of hydrogen-bond donors (Lipinski definition) is 0. The van der Waals surface area contributed by atoms with E-state index in [0.717, 1.165) is 5.56 Å². The van der Waals surface area contributed by atoms with Gasteiger partial charge in [0.15, 0.2) is 12.4 Å². The van der Waals surface area contributed by atoms with Gasteiger partial charge in [-0.3, -0.25) is 9.59 Å². The molecule has 0 saturated heterocycles. The van der Waals surface area contributed by atoms with Crippen molar-refractivity contribution < 1.29 is 28.6 Å². The summed E-state index contributed by atoms with van der Waals surface area (Å²) >= 11 is 0. The van der Waals surface area contributed by atoms with Crippen molar-refractivity contribution in [3.05, 3.63) is 71.8 Å². The van der Waals surface area contributed by atoms with E-state index < -0.39 is 36.0 Å². The van der Waals surface area contributed by atoms with Crippen LogP contribution >= 0.6 is 0 Å². The van der Waals surface area contributed by atoms with Crippen LogP contribution in [0, 0.1) is 11.8 Å². The van der Waals surface area contributed by atoms with Crippen molar-refractivity contribution >= 4 is 18.2 Å². The van der Waals surface area contributed by atoms with E-state index in [1.807, 2.05) is 30.3 Å². The molecule has 4 atom stereocenters. The van der Waals surface area contributed by atoms with Crippen LogP contribution in [-0.4, -0.2) is 37.5 Å². The van der Waals surface area contributed by atoms with Gasteiger partial charge in [-0.15, -0.1) is 0 Å². The lowest BCUT2D eigenvalue weighted by atomic mass is 9.89. The highest BCUT2D eigenvalue weighted by Crippen LogP contribution is 2.24. The van der Waals surface area contributed by atoms with Crippen molar-refractivity contribution in [2.75, 3.05) is 7.11 Å². The van der Waals surface area contributed by atoms with Gasteiger partial charge in [0, 0.05) is 5.92 Å². The summed E-state index contributed by atoms with van der Waals surface area (Å²) in [6, 6.07) is 17.9. The molecule has 0 heterocycles. The number of methoxy groups -OCH3 is 1. The topological polar surface area (TPSA) is 78.9 Å². The molecule has 0 unspecified atom stereocenters. The smallest absolute Gasteiger partial charge is 0.338 e. The quantitative estimate of drug-likeness (QED) is 0.451. The maximum absolute atomic E-state index is 12.4. The molecule has 0 bridgehead atoms. The minimum atomic E-state index is -1.07. The number of carbonyl (C=O) groups excluding carboxylic acids is 3. The second-order valence-electron chi connectivity index (χ2n) is 6.80. The largest absolute Gasteiger partial charge is 0.469 e. The fraction of sp³-hybridized carbons (Fsp3) is 0.348. The van der Waals surface area contributed by atoms with Gasteiger partial charge in [-0.1, -0.05) is 55.5 Å². The molecule has 0 aliphatic rings. The third-order valence-corrected chi connectivity index (χ3v) is 4.77. The fourth-order valence-corrected chi connectivity index (χ4v) is 3.05. The average Bonchev–Trinajstić information content (AvgIpc) is 2.77. The average molecular weight is 398 g/mol. The van der Waals surface area contributed by atoms with Crippen LogP contribution in [0.15, 0.2) is 60.7 Å². The second-order valence-corrected chi connectivity index (χ2v) is 6.80. The highest BCUT2D eigenvalue weighted by atomic mass is 16.6. The molecule has 29 heavy (non-hydrogen) atoms. The SMILES string of the molecule is COC(=O)[C@@H](C)[C@H](OCc1ccccc1)[C@H](C)[C@@H](C=O)OC(=O)c1ccccc1. The number of benzene rings is 2. The van der Waals surface area contributed by atoms with E-state index in [-0.39, 0.29) is 6.61 Å². The first-order chi connectivity index (χ1) is 14.0. The monoisotopic (exact) mass is 398 g/mol. The van der Waals surface area contributed by atoms with E-state index in [0.29, 0.717) is 11.8 Å². The van der Waals surface area contributed by atoms with E-state index in [1.165, 1.54) is 7.11 Å². The van der Waals surface area contributed by atoms with E-state index in [1.54, 1.807) is 44.2 Å². The Morgan fingerprint density at radius 2 is 1.55 bits per heavy atom. The molecule has 2 aromatic rings. The van der Waals surface area contributed by atoms with Gasteiger partial charge < -0.3 is 14.2 Å². The molecule has 0 aromatic heterocycles. The van der Waals surface area contributed by atoms with Crippen LogP contribution in [-0.2, 0) is 30.4 Å². The molecule has 0 amide bonds. The third-order valence-electron chi connectivity index (χ3n) is 4.77. The summed E-state index contributed by atoms with van der Waals surface area (Å²) in [6.45, 7) is 3.63. The molecule has 0 aliphatic carbocycles. The van der Waals surface area contributed by atoms with E-state index >= 15 is 0 Å². The molecule has 0 N–H and O–H groups in total. The van der Waals surface area contributed by atoms with E-state index in [9.17, 15) is 14.4 Å². The first kappa shape index (κ1) is 22.3. The minimum absolute atomic E-state index is 0.245. The van der Waals surface area contributed by atoms with Crippen LogP contribution in [0.2, 0.25) is 0 Å². The Hall–Kier alpha value is -2.99. The van der Waals surface area contributed by atoms with Crippen molar-refractivity contribution in [1.82, 2.24) is 0 Å². The number of hydrogen-bond acceptors (Lipinski definition) is 6. The van der Waals surface area contributed by atoms with Gasteiger partial charge in [-0.2, -0.15) is 0 Å². The van der Waals surface area contributed by atoms with Crippen molar-refractivity contribution in [1.29, 1.82) is 0 Å². The summed E-state index contributed by atoms with van der Waals surface area (Å²) in [6.07, 6.45) is -1.20. The summed E-state index contributed by atoms with van der Waals surface area (Å²) in [5.41, 5.74) is 1.26. The molecule has 154 valence electrons. The van der Waals surface area contributed by atoms with Crippen LogP contribution in [0.5, 0.6) is 0 Å². The Labute approximate surface area is 170 Å². The predicted molar refractivity (Wildman–Crippen MR) is 107 cm³/mol. The highest BCUT2D eigenvalue weighted by molar-refractivity contribution is 5.90. The zero-order valence-corrected chi connectivity index (χ0v) is 16.8. The van der Waals surface area contributed by atoms with Gasteiger partial charge in [0.1, 0.15) is 0 Å². The van der Waals surface area contributed by atoms with Crippen molar-refractivity contribution in [3.63, 3.8) is 0 Å². The number of aldehydes is 1. The number of carbonyl (C=O) groups is 3. The molecule has 0 fully saturated rings. The Morgan fingerprint density at radius 3 is 2.10 bits per heavy atom. The molecular weight excluding hydrogens is 372 g/mol. The summed E-state index contributed by atoms with van der Waals surface area (Å²) < 4.78 is 16.2. The molecule has 0 aliphatic heterocycles.